The van der Waals surface area contributed by atoms with Gasteiger partial charge in [0.25, 0.3) is 5.91 Å². The smallest absolute Gasteiger partial charge is 0.260 e. The van der Waals surface area contributed by atoms with Crippen molar-refractivity contribution in [2.24, 2.45) is 0 Å². The number of aliphatic hydroxyl groups is 1. The first kappa shape index (κ1) is 15.5. The van der Waals surface area contributed by atoms with Crippen LogP contribution in [-0.4, -0.2) is 30.3 Å². The van der Waals surface area contributed by atoms with Gasteiger partial charge in [-0.2, -0.15) is 0 Å². The van der Waals surface area contributed by atoms with Crippen LogP contribution in [0.15, 0.2) is 24.3 Å². The molecule has 1 unspecified atom stereocenters. The zero-order valence-corrected chi connectivity index (χ0v) is 11.7. The molecule has 1 aromatic rings. The lowest BCUT2D eigenvalue weighted by molar-refractivity contribution is -0.127. The molecule has 1 rings (SSSR count). The Hall–Kier alpha value is -1.55. The molecule has 0 aliphatic heterocycles. The van der Waals surface area contributed by atoms with Gasteiger partial charge in [-0.15, -0.1) is 0 Å². The van der Waals surface area contributed by atoms with Gasteiger partial charge in [0.15, 0.2) is 6.10 Å². The highest BCUT2D eigenvalue weighted by Gasteiger charge is 2.13. The van der Waals surface area contributed by atoms with Crippen molar-refractivity contribution in [1.82, 2.24) is 5.32 Å². The number of nitrogens with one attached hydrogen (secondary N) is 1. The molecule has 0 fully saturated rings. The van der Waals surface area contributed by atoms with Gasteiger partial charge >= 0.3 is 0 Å². The number of hydrogen-bond donors (Lipinski definition) is 2. The van der Waals surface area contributed by atoms with Gasteiger partial charge in [-0.1, -0.05) is 25.5 Å². The van der Waals surface area contributed by atoms with Crippen LogP contribution in [0.4, 0.5) is 0 Å². The molecule has 2 N–H and O–H groups in total. The first-order valence-electron chi connectivity index (χ1n) is 6.81. The Morgan fingerprint density at radius 3 is 2.63 bits per heavy atom. The summed E-state index contributed by atoms with van der Waals surface area (Å²) in [5.41, 5.74) is 1.05. The number of rotatable bonds is 8. The van der Waals surface area contributed by atoms with E-state index in [1.807, 2.05) is 24.3 Å². The van der Waals surface area contributed by atoms with E-state index in [1.54, 1.807) is 6.92 Å². The topological polar surface area (TPSA) is 58.6 Å². The summed E-state index contributed by atoms with van der Waals surface area (Å²) >= 11 is 0. The quantitative estimate of drug-likeness (QED) is 0.706. The van der Waals surface area contributed by atoms with Gasteiger partial charge in [0.2, 0.25) is 0 Å². The average Bonchev–Trinajstić information content (AvgIpc) is 2.41. The molecule has 0 spiro atoms. The highest BCUT2D eigenvalue weighted by molar-refractivity contribution is 5.80. The van der Waals surface area contributed by atoms with E-state index in [0.29, 0.717) is 18.7 Å². The summed E-state index contributed by atoms with van der Waals surface area (Å²) in [7, 11) is 0. The van der Waals surface area contributed by atoms with Crippen molar-refractivity contribution < 1.29 is 14.6 Å². The largest absolute Gasteiger partial charge is 0.481 e. The number of hydrogen-bond acceptors (Lipinski definition) is 3. The van der Waals surface area contributed by atoms with E-state index in [0.717, 1.165) is 18.4 Å². The van der Waals surface area contributed by atoms with E-state index >= 15 is 0 Å². The van der Waals surface area contributed by atoms with Gasteiger partial charge in [-0.3, -0.25) is 4.79 Å². The minimum absolute atomic E-state index is 0.0899. The molecule has 1 amide bonds. The first-order chi connectivity index (χ1) is 9.17. The van der Waals surface area contributed by atoms with E-state index in [4.69, 9.17) is 9.84 Å². The number of ether oxygens (including phenoxy) is 1. The van der Waals surface area contributed by atoms with Gasteiger partial charge in [0.1, 0.15) is 5.75 Å². The minimum atomic E-state index is -0.499. The fourth-order valence-corrected chi connectivity index (χ4v) is 1.65. The van der Waals surface area contributed by atoms with Crippen molar-refractivity contribution in [2.45, 2.75) is 39.2 Å². The summed E-state index contributed by atoms with van der Waals surface area (Å²) < 4.78 is 5.57. The maximum absolute atomic E-state index is 11.7. The van der Waals surface area contributed by atoms with Gasteiger partial charge in [-0.25, -0.2) is 0 Å². The van der Waals surface area contributed by atoms with Gasteiger partial charge in [0.05, 0.1) is 0 Å². The third kappa shape index (κ3) is 5.75. The predicted octanol–water partition coefficient (Wildman–Crippen LogP) is 1.91. The number of carbonyl (C=O) groups is 1. The Morgan fingerprint density at radius 1 is 1.37 bits per heavy atom. The van der Waals surface area contributed by atoms with Crippen LogP contribution in [0.5, 0.6) is 5.75 Å². The van der Waals surface area contributed by atoms with Crippen molar-refractivity contribution >= 4 is 5.91 Å². The highest BCUT2D eigenvalue weighted by Crippen LogP contribution is 2.14. The third-order valence-electron chi connectivity index (χ3n) is 2.84. The van der Waals surface area contributed by atoms with Crippen LogP contribution in [-0.2, 0) is 11.2 Å². The number of amides is 1. The van der Waals surface area contributed by atoms with Crippen LogP contribution < -0.4 is 10.1 Å². The summed E-state index contributed by atoms with van der Waals surface area (Å²) in [5.74, 6) is 0.577. The molecule has 1 aromatic carbocycles. The highest BCUT2D eigenvalue weighted by atomic mass is 16.5. The molecule has 0 bridgehead atoms. The molecule has 0 aliphatic rings. The molecule has 106 valence electrons. The number of benzene rings is 1. The van der Waals surface area contributed by atoms with Crippen LogP contribution in [0.1, 0.15) is 32.3 Å². The van der Waals surface area contributed by atoms with E-state index in [1.165, 1.54) is 0 Å². The Balaban J connectivity index is 2.42. The monoisotopic (exact) mass is 265 g/mol. The fourth-order valence-electron chi connectivity index (χ4n) is 1.65. The van der Waals surface area contributed by atoms with Crippen molar-refractivity contribution in [3.05, 3.63) is 29.8 Å². The standard InChI is InChI=1S/C15H23NO3/c1-3-4-10-16-15(18)12(2)19-14-7-5-13(6-8-14)9-11-17/h5-8,12,17H,3-4,9-11H2,1-2H3,(H,16,18). The summed E-state index contributed by atoms with van der Waals surface area (Å²) in [5, 5.41) is 11.7. The lowest BCUT2D eigenvalue weighted by atomic mass is 10.1. The second kappa shape index (κ2) is 8.53. The molecule has 1 atom stereocenters. The van der Waals surface area contributed by atoms with Crippen molar-refractivity contribution in [3.8, 4) is 5.75 Å². The lowest BCUT2D eigenvalue weighted by Gasteiger charge is -2.14. The second-order valence-corrected chi connectivity index (χ2v) is 4.52. The van der Waals surface area contributed by atoms with Gasteiger partial charge in [0, 0.05) is 13.2 Å². The molecule has 0 aliphatic carbocycles. The normalized spacial score (nSPS) is 11.9. The molecule has 0 saturated carbocycles. The maximum Gasteiger partial charge on any atom is 0.260 e. The van der Waals surface area contributed by atoms with Crippen molar-refractivity contribution in [3.63, 3.8) is 0 Å². The Kier molecular flexibility index (Phi) is 6.97. The molecule has 0 radical (unpaired) electrons. The number of unbranched alkanes of at least 4 members (excludes halogenated alkanes) is 1. The molecule has 0 heterocycles. The van der Waals surface area contributed by atoms with E-state index in [9.17, 15) is 4.79 Å². The van der Waals surface area contributed by atoms with E-state index < -0.39 is 6.10 Å². The molecule has 0 saturated heterocycles. The van der Waals surface area contributed by atoms with Crippen LogP contribution in [0.2, 0.25) is 0 Å². The van der Waals surface area contributed by atoms with E-state index in [-0.39, 0.29) is 12.5 Å². The summed E-state index contributed by atoms with van der Waals surface area (Å²) in [4.78, 5) is 11.7. The van der Waals surface area contributed by atoms with Crippen molar-refractivity contribution in [1.29, 1.82) is 0 Å². The lowest BCUT2D eigenvalue weighted by Crippen LogP contribution is -2.36. The Bertz CT molecular complexity index is 375. The first-order valence-corrected chi connectivity index (χ1v) is 6.81. The van der Waals surface area contributed by atoms with Gasteiger partial charge in [-0.05, 0) is 37.5 Å². The second-order valence-electron chi connectivity index (χ2n) is 4.52. The minimum Gasteiger partial charge on any atom is -0.481 e. The summed E-state index contributed by atoms with van der Waals surface area (Å²) in [6, 6.07) is 7.43. The molecule has 0 aromatic heterocycles. The van der Waals surface area contributed by atoms with E-state index in [2.05, 4.69) is 12.2 Å². The fraction of sp³-hybridized carbons (Fsp3) is 0.533. The molecule has 4 nitrogen and oxygen atoms in total. The van der Waals surface area contributed by atoms with Crippen LogP contribution >= 0.6 is 0 Å². The van der Waals surface area contributed by atoms with Crippen LogP contribution in [0.3, 0.4) is 0 Å². The summed E-state index contributed by atoms with van der Waals surface area (Å²) in [6.45, 7) is 4.65. The molecular formula is C15H23NO3. The van der Waals surface area contributed by atoms with Crippen LogP contribution in [0, 0.1) is 0 Å². The van der Waals surface area contributed by atoms with Gasteiger partial charge < -0.3 is 15.2 Å². The SMILES string of the molecule is CCCCNC(=O)C(C)Oc1ccc(CCO)cc1. The predicted molar refractivity (Wildman–Crippen MR) is 75.2 cm³/mol. The van der Waals surface area contributed by atoms with Crippen LogP contribution in [0.25, 0.3) is 0 Å². The zero-order chi connectivity index (χ0) is 14.1. The van der Waals surface area contributed by atoms with Crippen molar-refractivity contribution in [2.75, 3.05) is 13.2 Å². The molecule has 19 heavy (non-hydrogen) atoms. The molecule has 4 heteroatoms. The summed E-state index contributed by atoms with van der Waals surface area (Å²) in [6.07, 6.45) is 2.17. The Morgan fingerprint density at radius 2 is 2.05 bits per heavy atom. The molecular weight excluding hydrogens is 242 g/mol. The maximum atomic E-state index is 11.7. The Labute approximate surface area is 114 Å². The third-order valence-corrected chi connectivity index (χ3v) is 2.84. The average molecular weight is 265 g/mol. The zero-order valence-electron chi connectivity index (χ0n) is 11.7. The number of aliphatic hydroxyl groups excluding tert-OH is 1. The number of carbonyl (C=O) groups excluding carboxylic acids is 1.